The quantitative estimate of drug-likeness (QED) is 0.666. The zero-order valence-electron chi connectivity index (χ0n) is 8.69. The Kier molecular flexibility index (Phi) is 2.59. The van der Waals surface area contributed by atoms with Crippen molar-refractivity contribution in [1.29, 1.82) is 0 Å². The SMILES string of the molecule is Cc1[nH]c(=O)ncc1Nc1ccccc1O. The van der Waals surface area contributed by atoms with Gasteiger partial charge in [-0.2, -0.15) is 4.98 Å². The summed E-state index contributed by atoms with van der Waals surface area (Å²) in [6.07, 6.45) is 1.43. The molecule has 1 aromatic heterocycles. The molecule has 0 amide bonds. The zero-order chi connectivity index (χ0) is 11.5. The number of aromatic nitrogens is 2. The first kappa shape index (κ1) is 10.2. The van der Waals surface area contributed by atoms with Crippen LogP contribution in [0.3, 0.4) is 0 Å². The molecule has 1 heterocycles. The van der Waals surface area contributed by atoms with E-state index in [9.17, 15) is 9.90 Å². The molecule has 0 fully saturated rings. The summed E-state index contributed by atoms with van der Waals surface area (Å²) < 4.78 is 0. The molecule has 16 heavy (non-hydrogen) atoms. The molecule has 0 aliphatic carbocycles. The highest BCUT2D eigenvalue weighted by Crippen LogP contribution is 2.25. The van der Waals surface area contributed by atoms with Crippen LogP contribution in [-0.4, -0.2) is 15.1 Å². The third-order valence-corrected chi connectivity index (χ3v) is 2.18. The molecule has 0 atom stereocenters. The molecule has 0 bridgehead atoms. The minimum Gasteiger partial charge on any atom is -0.506 e. The van der Waals surface area contributed by atoms with Crippen molar-refractivity contribution in [3.63, 3.8) is 0 Å². The number of hydrogen-bond donors (Lipinski definition) is 3. The Hall–Kier alpha value is -2.30. The maximum Gasteiger partial charge on any atom is 0.345 e. The predicted molar refractivity (Wildman–Crippen MR) is 61.0 cm³/mol. The van der Waals surface area contributed by atoms with Gasteiger partial charge in [0.1, 0.15) is 5.75 Å². The summed E-state index contributed by atoms with van der Waals surface area (Å²) in [4.78, 5) is 17.1. The number of phenolic OH excluding ortho intramolecular Hbond substituents is 1. The van der Waals surface area contributed by atoms with Gasteiger partial charge in [-0.3, -0.25) is 0 Å². The lowest BCUT2D eigenvalue weighted by atomic mass is 10.2. The van der Waals surface area contributed by atoms with E-state index in [0.29, 0.717) is 17.1 Å². The number of hydrogen-bond acceptors (Lipinski definition) is 4. The lowest BCUT2D eigenvalue weighted by Gasteiger charge is -2.09. The second kappa shape index (κ2) is 4.06. The van der Waals surface area contributed by atoms with Crippen LogP contribution in [0, 0.1) is 6.92 Å². The van der Waals surface area contributed by atoms with Gasteiger partial charge in [-0.1, -0.05) is 12.1 Å². The summed E-state index contributed by atoms with van der Waals surface area (Å²) >= 11 is 0. The Morgan fingerprint density at radius 1 is 1.31 bits per heavy atom. The number of aryl methyl sites for hydroxylation is 1. The molecular weight excluding hydrogens is 206 g/mol. The highest BCUT2D eigenvalue weighted by Gasteiger charge is 2.03. The number of benzene rings is 1. The molecule has 2 aromatic rings. The molecule has 1 aromatic carbocycles. The minimum atomic E-state index is -0.389. The fourth-order valence-electron chi connectivity index (χ4n) is 1.33. The van der Waals surface area contributed by atoms with Gasteiger partial charge in [0.25, 0.3) is 0 Å². The monoisotopic (exact) mass is 217 g/mol. The van der Waals surface area contributed by atoms with Crippen molar-refractivity contribution in [3.05, 3.63) is 46.6 Å². The highest BCUT2D eigenvalue weighted by molar-refractivity contribution is 5.66. The third kappa shape index (κ3) is 2.03. The van der Waals surface area contributed by atoms with Crippen molar-refractivity contribution >= 4 is 11.4 Å². The van der Waals surface area contributed by atoms with Gasteiger partial charge >= 0.3 is 5.69 Å². The van der Waals surface area contributed by atoms with E-state index in [1.165, 1.54) is 6.20 Å². The van der Waals surface area contributed by atoms with Gasteiger partial charge in [0.15, 0.2) is 0 Å². The summed E-state index contributed by atoms with van der Waals surface area (Å²) in [5.74, 6) is 0.146. The molecule has 0 aliphatic heterocycles. The molecule has 3 N–H and O–H groups in total. The first-order valence-electron chi connectivity index (χ1n) is 4.78. The average Bonchev–Trinajstić information content (AvgIpc) is 2.25. The van der Waals surface area contributed by atoms with Crippen LogP contribution in [0.4, 0.5) is 11.4 Å². The maximum atomic E-state index is 10.9. The lowest BCUT2D eigenvalue weighted by Crippen LogP contribution is -2.12. The first-order valence-corrected chi connectivity index (χ1v) is 4.78. The van der Waals surface area contributed by atoms with Gasteiger partial charge in [-0.05, 0) is 19.1 Å². The fourth-order valence-corrected chi connectivity index (χ4v) is 1.33. The van der Waals surface area contributed by atoms with Crippen LogP contribution < -0.4 is 11.0 Å². The smallest absolute Gasteiger partial charge is 0.345 e. The fraction of sp³-hybridized carbons (Fsp3) is 0.0909. The van der Waals surface area contributed by atoms with E-state index in [4.69, 9.17) is 0 Å². The molecular formula is C11H11N3O2. The van der Waals surface area contributed by atoms with Gasteiger partial charge < -0.3 is 15.4 Å². The van der Waals surface area contributed by atoms with Crippen molar-refractivity contribution in [2.24, 2.45) is 0 Å². The van der Waals surface area contributed by atoms with Crippen LogP contribution in [-0.2, 0) is 0 Å². The maximum absolute atomic E-state index is 10.9. The van der Waals surface area contributed by atoms with Gasteiger partial charge in [0.05, 0.1) is 17.6 Å². The van der Waals surface area contributed by atoms with E-state index in [2.05, 4.69) is 15.3 Å². The van der Waals surface area contributed by atoms with Crippen molar-refractivity contribution in [2.75, 3.05) is 5.32 Å². The number of aromatic hydroxyl groups is 1. The van der Waals surface area contributed by atoms with E-state index < -0.39 is 0 Å². The Morgan fingerprint density at radius 3 is 2.75 bits per heavy atom. The van der Waals surface area contributed by atoms with Crippen LogP contribution >= 0.6 is 0 Å². The first-order chi connectivity index (χ1) is 7.66. The predicted octanol–water partition coefficient (Wildman–Crippen LogP) is 1.53. The van der Waals surface area contributed by atoms with Crippen LogP contribution in [0.25, 0.3) is 0 Å². The molecule has 5 heteroatoms. The number of rotatable bonds is 2. The summed E-state index contributed by atoms with van der Waals surface area (Å²) in [6, 6.07) is 6.85. The van der Waals surface area contributed by atoms with Crippen molar-refractivity contribution in [2.45, 2.75) is 6.92 Å². The molecule has 0 saturated heterocycles. The molecule has 0 radical (unpaired) electrons. The van der Waals surface area contributed by atoms with Crippen LogP contribution in [0.2, 0.25) is 0 Å². The molecule has 5 nitrogen and oxygen atoms in total. The molecule has 2 rings (SSSR count). The summed E-state index contributed by atoms with van der Waals surface area (Å²) in [6.45, 7) is 1.76. The minimum absolute atomic E-state index is 0.146. The van der Waals surface area contributed by atoms with Gasteiger partial charge in [-0.25, -0.2) is 4.79 Å². The van der Waals surface area contributed by atoms with Gasteiger partial charge in [0.2, 0.25) is 0 Å². The summed E-state index contributed by atoms with van der Waals surface area (Å²) in [5.41, 5.74) is 1.50. The Labute approximate surface area is 91.8 Å². The third-order valence-electron chi connectivity index (χ3n) is 2.18. The number of para-hydroxylation sites is 2. The zero-order valence-corrected chi connectivity index (χ0v) is 8.69. The standard InChI is InChI=1S/C11H11N3O2/c1-7-9(6-12-11(16)13-7)14-8-4-2-3-5-10(8)15/h2-6,14-15H,1H3,(H,12,13,16). The largest absolute Gasteiger partial charge is 0.506 e. The van der Waals surface area contributed by atoms with Crippen LogP contribution in [0.1, 0.15) is 5.69 Å². The molecule has 0 saturated carbocycles. The molecule has 0 aliphatic rings. The van der Waals surface area contributed by atoms with E-state index in [0.717, 1.165) is 0 Å². The Morgan fingerprint density at radius 2 is 2.06 bits per heavy atom. The van der Waals surface area contributed by atoms with Crippen molar-refractivity contribution in [1.82, 2.24) is 9.97 Å². The number of nitrogens with one attached hydrogen (secondary N) is 2. The van der Waals surface area contributed by atoms with Gasteiger partial charge in [0, 0.05) is 5.69 Å². The normalized spacial score (nSPS) is 10.1. The van der Waals surface area contributed by atoms with Crippen molar-refractivity contribution < 1.29 is 5.11 Å². The highest BCUT2D eigenvalue weighted by atomic mass is 16.3. The number of phenols is 1. The topological polar surface area (TPSA) is 78.0 Å². The lowest BCUT2D eigenvalue weighted by molar-refractivity contribution is 0.478. The summed E-state index contributed by atoms with van der Waals surface area (Å²) in [7, 11) is 0. The van der Waals surface area contributed by atoms with Crippen LogP contribution in [0.15, 0.2) is 35.3 Å². The number of H-pyrrole nitrogens is 1. The molecule has 82 valence electrons. The second-order valence-corrected chi connectivity index (χ2v) is 3.37. The van der Waals surface area contributed by atoms with E-state index >= 15 is 0 Å². The van der Waals surface area contributed by atoms with E-state index in [1.807, 2.05) is 0 Å². The van der Waals surface area contributed by atoms with Gasteiger partial charge in [-0.15, -0.1) is 0 Å². The average molecular weight is 217 g/mol. The van der Waals surface area contributed by atoms with E-state index in [1.54, 1.807) is 31.2 Å². The Bertz CT molecular complexity index is 563. The number of anilines is 2. The Balaban J connectivity index is 2.34. The number of nitrogens with zero attached hydrogens (tertiary/aromatic N) is 1. The number of aromatic amines is 1. The van der Waals surface area contributed by atoms with Crippen LogP contribution in [0.5, 0.6) is 5.75 Å². The summed E-state index contributed by atoms with van der Waals surface area (Å²) in [5, 5.41) is 12.5. The van der Waals surface area contributed by atoms with E-state index in [-0.39, 0.29) is 11.4 Å². The molecule has 0 spiro atoms. The second-order valence-electron chi connectivity index (χ2n) is 3.37. The molecule has 0 unspecified atom stereocenters. The van der Waals surface area contributed by atoms with Crippen molar-refractivity contribution in [3.8, 4) is 5.75 Å².